The van der Waals surface area contributed by atoms with Crippen LogP contribution in [0.25, 0.3) is 0 Å². The van der Waals surface area contributed by atoms with Crippen molar-refractivity contribution in [2.45, 2.75) is 38.8 Å². The maximum atomic E-state index is 11.7. The Bertz CT molecular complexity index is 461. The Balaban J connectivity index is 1.91. The molecule has 1 fully saturated rings. The van der Waals surface area contributed by atoms with Gasteiger partial charge < -0.3 is 15.4 Å². The van der Waals surface area contributed by atoms with Crippen LogP contribution in [-0.2, 0) is 11.3 Å². The topological polar surface area (TPSA) is 50.4 Å². The van der Waals surface area contributed by atoms with Gasteiger partial charge in [0, 0.05) is 18.2 Å². The molecular weight excluding hydrogens is 320 g/mol. The number of hydrogen-bond donors (Lipinski definition) is 2. The van der Waals surface area contributed by atoms with Crippen LogP contribution < -0.4 is 15.4 Å². The number of amides is 1. The van der Waals surface area contributed by atoms with E-state index in [2.05, 4.69) is 33.5 Å². The SMILES string of the molecule is CCCNCc1cccc(Br)c1OCC(=O)NC1CC1. The molecule has 0 atom stereocenters. The lowest BCUT2D eigenvalue weighted by Crippen LogP contribution is -2.30. The molecule has 1 saturated carbocycles. The average molecular weight is 341 g/mol. The van der Waals surface area contributed by atoms with Gasteiger partial charge in [0.15, 0.2) is 6.61 Å². The fourth-order valence-corrected chi connectivity index (χ4v) is 2.41. The minimum absolute atomic E-state index is 0.0456. The molecule has 5 heteroatoms. The van der Waals surface area contributed by atoms with Gasteiger partial charge in [0.05, 0.1) is 4.47 Å². The summed E-state index contributed by atoms with van der Waals surface area (Å²) >= 11 is 3.48. The van der Waals surface area contributed by atoms with Crippen molar-refractivity contribution in [1.29, 1.82) is 0 Å². The van der Waals surface area contributed by atoms with Gasteiger partial charge in [-0.1, -0.05) is 19.1 Å². The first-order chi connectivity index (χ1) is 9.70. The van der Waals surface area contributed by atoms with Crippen LogP contribution in [0.2, 0.25) is 0 Å². The molecule has 0 bridgehead atoms. The smallest absolute Gasteiger partial charge is 0.258 e. The Kier molecular flexibility index (Phi) is 5.86. The largest absolute Gasteiger partial charge is 0.482 e. The molecule has 1 aromatic carbocycles. The van der Waals surface area contributed by atoms with Crippen molar-refractivity contribution in [3.05, 3.63) is 28.2 Å². The van der Waals surface area contributed by atoms with Gasteiger partial charge in [-0.05, 0) is 47.8 Å². The predicted octanol–water partition coefficient (Wildman–Crippen LogP) is 2.61. The van der Waals surface area contributed by atoms with E-state index in [0.717, 1.165) is 48.1 Å². The number of hydrogen-bond acceptors (Lipinski definition) is 3. The molecule has 1 aliphatic rings. The summed E-state index contributed by atoms with van der Waals surface area (Å²) in [7, 11) is 0. The van der Waals surface area contributed by atoms with E-state index in [-0.39, 0.29) is 12.5 Å². The normalized spacial score (nSPS) is 14.1. The van der Waals surface area contributed by atoms with Crippen LogP contribution in [0.3, 0.4) is 0 Å². The number of nitrogens with one attached hydrogen (secondary N) is 2. The molecule has 0 aromatic heterocycles. The lowest BCUT2D eigenvalue weighted by atomic mass is 10.2. The molecule has 2 rings (SSSR count). The maximum Gasteiger partial charge on any atom is 0.258 e. The minimum Gasteiger partial charge on any atom is -0.482 e. The second kappa shape index (κ2) is 7.64. The van der Waals surface area contributed by atoms with E-state index in [1.807, 2.05) is 18.2 Å². The summed E-state index contributed by atoms with van der Waals surface area (Å²) in [4.78, 5) is 11.7. The second-order valence-electron chi connectivity index (χ2n) is 5.04. The van der Waals surface area contributed by atoms with Gasteiger partial charge in [-0.2, -0.15) is 0 Å². The summed E-state index contributed by atoms with van der Waals surface area (Å²) in [6, 6.07) is 6.29. The molecule has 0 aliphatic heterocycles. The average Bonchev–Trinajstić information content (AvgIpc) is 3.22. The summed E-state index contributed by atoms with van der Waals surface area (Å²) in [5.41, 5.74) is 1.06. The van der Waals surface area contributed by atoms with Crippen molar-refractivity contribution in [3.63, 3.8) is 0 Å². The van der Waals surface area contributed by atoms with E-state index in [4.69, 9.17) is 4.74 Å². The molecular formula is C15H21BrN2O2. The molecule has 110 valence electrons. The van der Waals surface area contributed by atoms with Gasteiger partial charge in [-0.15, -0.1) is 0 Å². The van der Waals surface area contributed by atoms with Crippen LogP contribution in [0, 0.1) is 0 Å². The lowest BCUT2D eigenvalue weighted by molar-refractivity contribution is -0.123. The summed E-state index contributed by atoms with van der Waals surface area (Å²) in [5.74, 6) is 0.706. The predicted molar refractivity (Wildman–Crippen MR) is 82.8 cm³/mol. The van der Waals surface area contributed by atoms with Crippen molar-refractivity contribution in [1.82, 2.24) is 10.6 Å². The fraction of sp³-hybridized carbons (Fsp3) is 0.533. The van der Waals surface area contributed by atoms with Crippen LogP contribution in [0.1, 0.15) is 31.7 Å². The first kappa shape index (κ1) is 15.3. The number of ether oxygens (including phenoxy) is 1. The highest BCUT2D eigenvalue weighted by Gasteiger charge is 2.23. The van der Waals surface area contributed by atoms with Crippen molar-refractivity contribution in [3.8, 4) is 5.75 Å². The number of carbonyl (C=O) groups excluding carboxylic acids is 1. The Morgan fingerprint density at radius 3 is 2.95 bits per heavy atom. The molecule has 0 heterocycles. The molecule has 0 spiro atoms. The van der Waals surface area contributed by atoms with Gasteiger partial charge in [0.25, 0.3) is 5.91 Å². The molecule has 1 aliphatic carbocycles. The number of rotatable bonds is 8. The van der Waals surface area contributed by atoms with Crippen molar-refractivity contribution in [2.75, 3.05) is 13.2 Å². The molecule has 0 unspecified atom stereocenters. The Morgan fingerprint density at radius 1 is 1.45 bits per heavy atom. The summed E-state index contributed by atoms with van der Waals surface area (Å²) in [6.45, 7) is 3.91. The molecule has 2 N–H and O–H groups in total. The second-order valence-corrected chi connectivity index (χ2v) is 5.89. The number of halogens is 1. The van der Waals surface area contributed by atoms with Crippen LogP contribution >= 0.6 is 15.9 Å². The van der Waals surface area contributed by atoms with Crippen molar-refractivity contribution >= 4 is 21.8 Å². The first-order valence-corrected chi connectivity index (χ1v) is 7.90. The Morgan fingerprint density at radius 2 is 2.25 bits per heavy atom. The number of carbonyl (C=O) groups is 1. The zero-order chi connectivity index (χ0) is 14.4. The van der Waals surface area contributed by atoms with E-state index in [1.165, 1.54) is 0 Å². The zero-order valence-electron chi connectivity index (χ0n) is 11.7. The molecule has 1 aromatic rings. The van der Waals surface area contributed by atoms with E-state index in [9.17, 15) is 4.79 Å². The quantitative estimate of drug-likeness (QED) is 0.715. The summed E-state index contributed by atoms with van der Waals surface area (Å²) < 4.78 is 6.57. The molecule has 4 nitrogen and oxygen atoms in total. The number of para-hydroxylation sites is 1. The maximum absolute atomic E-state index is 11.7. The van der Waals surface area contributed by atoms with Crippen LogP contribution in [0.4, 0.5) is 0 Å². The van der Waals surface area contributed by atoms with E-state index in [0.29, 0.717) is 6.04 Å². The highest BCUT2D eigenvalue weighted by atomic mass is 79.9. The fourth-order valence-electron chi connectivity index (χ4n) is 1.89. The van der Waals surface area contributed by atoms with Crippen LogP contribution in [0.15, 0.2) is 22.7 Å². The third-order valence-electron chi connectivity index (χ3n) is 3.08. The van der Waals surface area contributed by atoms with Gasteiger partial charge in [-0.3, -0.25) is 4.79 Å². The zero-order valence-corrected chi connectivity index (χ0v) is 13.3. The van der Waals surface area contributed by atoms with E-state index < -0.39 is 0 Å². The molecule has 20 heavy (non-hydrogen) atoms. The van der Waals surface area contributed by atoms with Crippen LogP contribution in [-0.4, -0.2) is 25.1 Å². The van der Waals surface area contributed by atoms with Gasteiger partial charge in [0.2, 0.25) is 0 Å². The van der Waals surface area contributed by atoms with Gasteiger partial charge in [-0.25, -0.2) is 0 Å². The van der Waals surface area contributed by atoms with E-state index in [1.54, 1.807) is 0 Å². The Hall–Kier alpha value is -1.07. The summed E-state index contributed by atoms with van der Waals surface area (Å²) in [5, 5.41) is 6.27. The third-order valence-corrected chi connectivity index (χ3v) is 3.71. The van der Waals surface area contributed by atoms with Crippen molar-refractivity contribution in [2.24, 2.45) is 0 Å². The van der Waals surface area contributed by atoms with Gasteiger partial charge in [0.1, 0.15) is 5.75 Å². The Labute approximate surface area is 128 Å². The molecule has 1 amide bonds. The standard InChI is InChI=1S/C15H21BrN2O2/c1-2-8-17-9-11-4-3-5-13(16)15(11)20-10-14(19)18-12-6-7-12/h3-5,12,17H,2,6-10H2,1H3,(H,18,19). The highest BCUT2D eigenvalue weighted by molar-refractivity contribution is 9.10. The first-order valence-electron chi connectivity index (χ1n) is 7.11. The lowest BCUT2D eigenvalue weighted by Gasteiger charge is -2.13. The minimum atomic E-state index is -0.0456. The molecule has 0 radical (unpaired) electrons. The monoisotopic (exact) mass is 340 g/mol. The molecule has 0 saturated heterocycles. The van der Waals surface area contributed by atoms with Crippen LogP contribution in [0.5, 0.6) is 5.75 Å². The van der Waals surface area contributed by atoms with Crippen molar-refractivity contribution < 1.29 is 9.53 Å². The summed E-state index contributed by atoms with van der Waals surface area (Å²) in [6.07, 6.45) is 3.27. The highest BCUT2D eigenvalue weighted by Crippen LogP contribution is 2.29. The van der Waals surface area contributed by atoms with Gasteiger partial charge >= 0.3 is 0 Å². The third kappa shape index (κ3) is 4.80. The number of benzene rings is 1. The van der Waals surface area contributed by atoms with E-state index >= 15 is 0 Å².